The lowest BCUT2D eigenvalue weighted by Gasteiger charge is -2.20. The first-order valence-corrected chi connectivity index (χ1v) is 9.68. The maximum Gasteiger partial charge on any atom is 0.244 e. The number of halogens is 2. The van der Waals surface area contributed by atoms with Gasteiger partial charge in [-0.1, -0.05) is 41.4 Å². The Kier molecular flexibility index (Phi) is 6.54. The summed E-state index contributed by atoms with van der Waals surface area (Å²) in [6.07, 6.45) is 0.732. The van der Waals surface area contributed by atoms with Gasteiger partial charge in [-0.25, -0.2) is 4.98 Å². The molecule has 0 spiro atoms. The number of carbonyl (C=O) groups is 2. The summed E-state index contributed by atoms with van der Waals surface area (Å²) in [5.74, 6) is 0.273. The Morgan fingerprint density at radius 2 is 1.82 bits per heavy atom. The standard InChI is InChI=1S/C20H20Cl2N4O2/c1-2-26(12-18(27)25-20-13(21)6-5-7-14(20)22)19(28)11-10-17-23-15-8-3-4-9-16(15)24-17/h3-9H,2,10-12H2,1H3,(H,23,24)(H,25,27). The summed E-state index contributed by atoms with van der Waals surface area (Å²) >= 11 is 12.1. The fourth-order valence-electron chi connectivity index (χ4n) is 2.85. The molecule has 2 amide bonds. The number of amides is 2. The van der Waals surface area contributed by atoms with E-state index in [0.29, 0.717) is 28.7 Å². The molecule has 146 valence electrons. The second kappa shape index (κ2) is 9.08. The second-order valence-corrected chi connectivity index (χ2v) is 7.07. The van der Waals surface area contributed by atoms with Crippen LogP contribution in [0, 0.1) is 0 Å². The van der Waals surface area contributed by atoms with Crippen LogP contribution < -0.4 is 5.32 Å². The van der Waals surface area contributed by atoms with Crippen LogP contribution in [0.15, 0.2) is 42.5 Å². The predicted octanol–water partition coefficient (Wildman–Crippen LogP) is 4.29. The van der Waals surface area contributed by atoms with Gasteiger partial charge >= 0.3 is 0 Å². The zero-order valence-corrected chi connectivity index (χ0v) is 16.8. The monoisotopic (exact) mass is 418 g/mol. The van der Waals surface area contributed by atoms with Gasteiger partial charge in [0.2, 0.25) is 11.8 Å². The number of aryl methyl sites for hydroxylation is 1. The molecule has 28 heavy (non-hydrogen) atoms. The molecule has 0 radical (unpaired) electrons. The Labute approximate surface area is 172 Å². The van der Waals surface area contributed by atoms with Crippen LogP contribution in [0.4, 0.5) is 5.69 Å². The number of imidazole rings is 1. The molecule has 0 unspecified atom stereocenters. The van der Waals surface area contributed by atoms with Gasteiger partial charge < -0.3 is 15.2 Å². The molecule has 0 fully saturated rings. The maximum absolute atomic E-state index is 12.5. The van der Waals surface area contributed by atoms with Crippen LogP contribution in [-0.2, 0) is 16.0 Å². The summed E-state index contributed by atoms with van der Waals surface area (Å²) < 4.78 is 0. The number of para-hydroxylation sites is 3. The van der Waals surface area contributed by atoms with Crippen molar-refractivity contribution in [1.29, 1.82) is 0 Å². The van der Waals surface area contributed by atoms with E-state index in [9.17, 15) is 9.59 Å². The largest absolute Gasteiger partial charge is 0.342 e. The number of nitrogens with zero attached hydrogens (tertiary/aromatic N) is 2. The summed E-state index contributed by atoms with van der Waals surface area (Å²) in [5.41, 5.74) is 2.16. The molecule has 8 heteroatoms. The number of fused-ring (bicyclic) bond motifs is 1. The van der Waals surface area contributed by atoms with E-state index in [1.807, 2.05) is 31.2 Å². The highest BCUT2D eigenvalue weighted by Crippen LogP contribution is 2.29. The Bertz CT molecular complexity index is 950. The number of anilines is 1. The molecule has 0 aliphatic rings. The Hall–Kier alpha value is -2.57. The summed E-state index contributed by atoms with van der Waals surface area (Å²) in [5, 5.41) is 3.37. The van der Waals surface area contributed by atoms with Crippen molar-refractivity contribution in [2.45, 2.75) is 19.8 Å². The lowest BCUT2D eigenvalue weighted by Crippen LogP contribution is -2.38. The van der Waals surface area contributed by atoms with Crippen LogP contribution in [0.2, 0.25) is 10.0 Å². The lowest BCUT2D eigenvalue weighted by atomic mass is 10.2. The third-order valence-electron chi connectivity index (χ3n) is 4.31. The first-order valence-electron chi connectivity index (χ1n) is 8.93. The molecule has 0 bridgehead atoms. The maximum atomic E-state index is 12.5. The molecule has 1 heterocycles. The van der Waals surface area contributed by atoms with Crippen molar-refractivity contribution < 1.29 is 9.59 Å². The molecule has 3 aromatic rings. The Morgan fingerprint density at radius 3 is 2.50 bits per heavy atom. The molecule has 0 aliphatic heterocycles. The lowest BCUT2D eigenvalue weighted by molar-refractivity contribution is -0.134. The number of carbonyl (C=O) groups excluding carboxylic acids is 2. The number of hydrogen-bond acceptors (Lipinski definition) is 3. The highest BCUT2D eigenvalue weighted by molar-refractivity contribution is 6.39. The summed E-state index contributed by atoms with van der Waals surface area (Å²) in [6.45, 7) is 2.18. The van der Waals surface area contributed by atoms with Gasteiger partial charge in [0.05, 0.1) is 33.3 Å². The van der Waals surface area contributed by atoms with E-state index < -0.39 is 0 Å². The van der Waals surface area contributed by atoms with Crippen molar-refractivity contribution >= 4 is 51.7 Å². The quantitative estimate of drug-likeness (QED) is 0.600. The molecular formula is C20H20Cl2N4O2. The molecule has 1 aromatic heterocycles. The van der Waals surface area contributed by atoms with Gasteiger partial charge in [0, 0.05) is 19.4 Å². The van der Waals surface area contributed by atoms with Gasteiger partial charge in [-0.2, -0.15) is 0 Å². The zero-order valence-electron chi connectivity index (χ0n) is 15.3. The van der Waals surface area contributed by atoms with Crippen LogP contribution in [-0.4, -0.2) is 39.8 Å². The summed E-state index contributed by atoms with van der Waals surface area (Å²) in [7, 11) is 0. The summed E-state index contributed by atoms with van der Waals surface area (Å²) in [4.78, 5) is 34.0. The average Bonchev–Trinajstić information content (AvgIpc) is 3.10. The fourth-order valence-corrected chi connectivity index (χ4v) is 3.35. The highest BCUT2D eigenvalue weighted by atomic mass is 35.5. The first kappa shape index (κ1) is 20.2. The number of aromatic nitrogens is 2. The first-order chi connectivity index (χ1) is 13.5. The van der Waals surface area contributed by atoms with E-state index in [1.54, 1.807) is 18.2 Å². The molecule has 0 saturated carbocycles. The van der Waals surface area contributed by atoms with Crippen molar-refractivity contribution in [2.24, 2.45) is 0 Å². The van der Waals surface area contributed by atoms with Gasteiger partial charge in [0.15, 0.2) is 0 Å². The number of benzene rings is 2. The molecule has 2 N–H and O–H groups in total. The molecule has 2 aromatic carbocycles. The molecule has 3 rings (SSSR count). The third-order valence-corrected chi connectivity index (χ3v) is 4.94. The minimum absolute atomic E-state index is 0.0724. The normalized spacial score (nSPS) is 10.8. The van der Waals surface area contributed by atoms with Crippen LogP contribution >= 0.6 is 23.2 Å². The van der Waals surface area contributed by atoms with Crippen LogP contribution in [0.5, 0.6) is 0 Å². The molecular weight excluding hydrogens is 399 g/mol. The van der Waals surface area contributed by atoms with Crippen molar-refractivity contribution in [3.05, 3.63) is 58.3 Å². The SMILES string of the molecule is CCN(CC(=O)Nc1c(Cl)cccc1Cl)C(=O)CCc1nc2ccccc2[nH]1. The van der Waals surface area contributed by atoms with Gasteiger partial charge in [-0.05, 0) is 31.2 Å². The molecule has 0 atom stereocenters. The minimum Gasteiger partial charge on any atom is -0.342 e. The van der Waals surface area contributed by atoms with Gasteiger partial charge in [-0.15, -0.1) is 0 Å². The van der Waals surface area contributed by atoms with Crippen LogP contribution in [0.1, 0.15) is 19.2 Å². The van der Waals surface area contributed by atoms with E-state index in [0.717, 1.165) is 16.9 Å². The van der Waals surface area contributed by atoms with Crippen LogP contribution in [0.25, 0.3) is 11.0 Å². The summed E-state index contributed by atoms with van der Waals surface area (Å²) in [6, 6.07) is 12.7. The van der Waals surface area contributed by atoms with E-state index >= 15 is 0 Å². The van der Waals surface area contributed by atoms with E-state index in [2.05, 4.69) is 15.3 Å². The third kappa shape index (κ3) is 4.82. The number of likely N-dealkylation sites (N-methyl/N-ethyl adjacent to an activating group) is 1. The number of H-pyrrole nitrogens is 1. The van der Waals surface area contributed by atoms with E-state index in [1.165, 1.54) is 4.90 Å². The van der Waals surface area contributed by atoms with Gasteiger partial charge in [0.25, 0.3) is 0 Å². The average molecular weight is 419 g/mol. The van der Waals surface area contributed by atoms with Crippen molar-refractivity contribution in [2.75, 3.05) is 18.4 Å². The Balaban J connectivity index is 1.57. The highest BCUT2D eigenvalue weighted by Gasteiger charge is 2.18. The van der Waals surface area contributed by atoms with Gasteiger partial charge in [0.1, 0.15) is 5.82 Å². The Morgan fingerprint density at radius 1 is 1.11 bits per heavy atom. The zero-order chi connectivity index (χ0) is 20.1. The van der Waals surface area contributed by atoms with Gasteiger partial charge in [-0.3, -0.25) is 9.59 Å². The molecule has 0 aliphatic carbocycles. The van der Waals surface area contributed by atoms with Crippen molar-refractivity contribution in [1.82, 2.24) is 14.9 Å². The topological polar surface area (TPSA) is 78.1 Å². The van der Waals surface area contributed by atoms with E-state index in [4.69, 9.17) is 23.2 Å². The second-order valence-electron chi connectivity index (χ2n) is 6.25. The number of rotatable bonds is 7. The minimum atomic E-state index is -0.353. The molecule has 6 nitrogen and oxygen atoms in total. The number of nitrogens with one attached hydrogen (secondary N) is 2. The van der Waals surface area contributed by atoms with Crippen molar-refractivity contribution in [3.63, 3.8) is 0 Å². The molecule has 0 saturated heterocycles. The van der Waals surface area contributed by atoms with Crippen molar-refractivity contribution in [3.8, 4) is 0 Å². The van der Waals surface area contributed by atoms with Crippen LogP contribution in [0.3, 0.4) is 0 Å². The smallest absolute Gasteiger partial charge is 0.244 e. The predicted molar refractivity (Wildman–Crippen MR) is 112 cm³/mol. The number of aromatic amines is 1. The number of hydrogen-bond donors (Lipinski definition) is 2. The van der Waals surface area contributed by atoms with E-state index in [-0.39, 0.29) is 24.8 Å². The fraction of sp³-hybridized carbons (Fsp3) is 0.250.